The van der Waals surface area contributed by atoms with Crippen LogP contribution < -0.4 is 11.1 Å². The average Bonchev–Trinajstić information content (AvgIpc) is 2.87. The Morgan fingerprint density at radius 2 is 2.20 bits per heavy atom. The van der Waals surface area contributed by atoms with Gasteiger partial charge in [-0.3, -0.25) is 0 Å². The van der Waals surface area contributed by atoms with E-state index in [1.54, 1.807) is 12.1 Å². The first-order valence-corrected chi connectivity index (χ1v) is 5.29. The molecule has 4 heteroatoms. The first kappa shape index (κ1) is 10.4. The molecule has 0 atom stereocenters. The van der Waals surface area contributed by atoms with E-state index in [2.05, 4.69) is 12.2 Å². The van der Waals surface area contributed by atoms with E-state index in [1.165, 1.54) is 6.07 Å². The number of halogens is 1. The van der Waals surface area contributed by atoms with Crippen LogP contribution in [-0.2, 0) is 0 Å². The van der Waals surface area contributed by atoms with Gasteiger partial charge in [-0.05, 0) is 38.0 Å². The Hall–Kier alpha value is -1.16. The van der Waals surface area contributed by atoms with Gasteiger partial charge in [0, 0.05) is 11.1 Å². The van der Waals surface area contributed by atoms with Crippen LogP contribution in [0.1, 0.15) is 25.3 Å². The van der Waals surface area contributed by atoms with Crippen LogP contribution in [0.25, 0.3) is 0 Å². The monoisotopic (exact) mass is 224 g/mol. The smallest absolute Gasteiger partial charge is 0.146 e. The number of hydrogen-bond acceptors (Lipinski definition) is 2. The maximum atomic E-state index is 13.6. The van der Waals surface area contributed by atoms with Gasteiger partial charge in [-0.25, -0.2) is 4.39 Å². The summed E-state index contributed by atoms with van der Waals surface area (Å²) in [5, 5.41) is 3.17. The van der Waals surface area contributed by atoms with Crippen molar-refractivity contribution in [1.82, 2.24) is 0 Å². The predicted molar refractivity (Wildman–Crippen MR) is 63.5 cm³/mol. The van der Waals surface area contributed by atoms with Gasteiger partial charge in [-0.15, -0.1) is 0 Å². The number of thiocarbonyl (C=S) groups is 1. The molecule has 0 bridgehead atoms. The number of nitrogens with one attached hydrogen (secondary N) is 1. The van der Waals surface area contributed by atoms with Crippen molar-refractivity contribution >= 4 is 22.9 Å². The summed E-state index contributed by atoms with van der Waals surface area (Å²) in [6, 6.07) is 4.79. The molecule has 15 heavy (non-hydrogen) atoms. The van der Waals surface area contributed by atoms with E-state index < -0.39 is 0 Å². The number of nitrogens with two attached hydrogens (primary N) is 1. The van der Waals surface area contributed by atoms with Crippen LogP contribution in [0.3, 0.4) is 0 Å². The molecule has 0 aromatic heterocycles. The Labute approximate surface area is 93.7 Å². The van der Waals surface area contributed by atoms with E-state index in [9.17, 15) is 4.39 Å². The summed E-state index contributed by atoms with van der Waals surface area (Å²) in [5.41, 5.74) is 6.58. The summed E-state index contributed by atoms with van der Waals surface area (Å²) in [6.45, 7) is 2.08. The molecule has 0 saturated heterocycles. The molecule has 0 radical (unpaired) electrons. The fourth-order valence-electron chi connectivity index (χ4n) is 1.41. The normalized spacial score (nSPS) is 17.2. The van der Waals surface area contributed by atoms with Crippen LogP contribution in [0.2, 0.25) is 0 Å². The Balaban J connectivity index is 2.22. The van der Waals surface area contributed by atoms with Gasteiger partial charge >= 0.3 is 0 Å². The fraction of sp³-hybridized carbons (Fsp3) is 0.364. The Kier molecular flexibility index (Phi) is 2.38. The maximum Gasteiger partial charge on any atom is 0.146 e. The molecule has 0 aliphatic heterocycles. The largest absolute Gasteiger partial charge is 0.389 e. The Morgan fingerprint density at radius 3 is 2.67 bits per heavy atom. The van der Waals surface area contributed by atoms with Gasteiger partial charge < -0.3 is 11.1 Å². The summed E-state index contributed by atoms with van der Waals surface area (Å²) in [7, 11) is 0. The van der Waals surface area contributed by atoms with E-state index in [0.29, 0.717) is 11.3 Å². The lowest BCUT2D eigenvalue weighted by molar-refractivity contribution is 0.625. The molecule has 1 aromatic rings. The lowest BCUT2D eigenvalue weighted by Gasteiger charge is -2.14. The van der Waals surface area contributed by atoms with Gasteiger partial charge in [-0.2, -0.15) is 0 Å². The highest BCUT2D eigenvalue weighted by atomic mass is 32.1. The standard InChI is InChI=1S/C11H13FN2S/c1-11(4-5-11)14-9-3-2-7(10(13)15)6-8(9)12/h2-3,6,14H,4-5H2,1H3,(H2,13,15). The lowest BCUT2D eigenvalue weighted by atomic mass is 10.2. The highest BCUT2D eigenvalue weighted by Crippen LogP contribution is 2.38. The molecule has 1 fully saturated rings. The molecule has 80 valence electrons. The summed E-state index contributed by atoms with van der Waals surface area (Å²) in [4.78, 5) is 0.220. The molecule has 1 saturated carbocycles. The van der Waals surface area contributed by atoms with Crippen molar-refractivity contribution in [3.8, 4) is 0 Å². The molecule has 0 heterocycles. The number of rotatable bonds is 3. The van der Waals surface area contributed by atoms with Crippen LogP contribution >= 0.6 is 12.2 Å². The SMILES string of the molecule is CC1(Nc2ccc(C(N)=S)cc2F)CC1. The molecule has 0 unspecified atom stereocenters. The van der Waals surface area contributed by atoms with E-state index in [-0.39, 0.29) is 16.3 Å². The summed E-state index contributed by atoms with van der Waals surface area (Å²) < 4.78 is 13.6. The highest BCUT2D eigenvalue weighted by molar-refractivity contribution is 7.80. The molecular weight excluding hydrogens is 211 g/mol. The third kappa shape index (κ3) is 2.26. The van der Waals surface area contributed by atoms with E-state index >= 15 is 0 Å². The van der Waals surface area contributed by atoms with Gasteiger partial charge in [0.15, 0.2) is 0 Å². The van der Waals surface area contributed by atoms with Crippen LogP contribution in [0, 0.1) is 5.82 Å². The Morgan fingerprint density at radius 1 is 1.53 bits per heavy atom. The molecular formula is C11H13FN2S. The van der Waals surface area contributed by atoms with E-state index in [0.717, 1.165) is 12.8 Å². The second kappa shape index (κ2) is 3.45. The zero-order valence-electron chi connectivity index (χ0n) is 8.51. The second-order valence-electron chi connectivity index (χ2n) is 4.24. The third-order valence-electron chi connectivity index (χ3n) is 2.69. The Bertz CT molecular complexity index is 413. The first-order chi connectivity index (χ1) is 7.00. The van der Waals surface area contributed by atoms with E-state index in [1.807, 2.05) is 0 Å². The molecule has 1 aromatic carbocycles. The molecule has 3 N–H and O–H groups in total. The van der Waals surface area contributed by atoms with Crippen molar-refractivity contribution < 1.29 is 4.39 Å². The van der Waals surface area contributed by atoms with Crippen LogP contribution in [0.5, 0.6) is 0 Å². The molecule has 0 spiro atoms. The van der Waals surface area contributed by atoms with Crippen molar-refractivity contribution in [2.24, 2.45) is 5.73 Å². The molecule has 1 aliphatic carbocycles. The van der Waals surface area contributed by atoms with Gasteiger partial charge in [0.25, 0.3) is 0 Å². The highest BCUT2D eigenvalue weighted by Gasteiger charge is 2.37. The van der Waals surface area contributed by atoms with Gasteiger partial charge in [-0.1, -0.05) is 12.2 Å². The van der Waals surface area contributed by atoms with E-state index in [4.69, 9.17) is 18.0 Å². The molecule has 2 nitrogen and oxygen atoms in total. The topological polar surface area (TPSA) is 38.0 Å². The summed E-state index contributed by atoms with van der Waals surface area (Å²) in [6.07, 6.45) is 2.17. The molecule has 0 amide bonds. The quantitative estimate of drug-likeness (QED) is 0.774. The summed E-state index contributed by atoms with van der Waals surface area (Å²) >= 11 is 4.78. The van der Waals surface area contributed by atoms with Gasteiger partial charge in [0.05, 0.1) is 5.69 Å². The van der Waals surface area contributed by atoms with Gasteiger partial charge in [0.1, 0.15) is 10.8 Å². The van der Waals surface area contributed by atoms with Crippen LogP contribution in [-0.4, -0.2) is 10.5 Å². The zero-order valence-corrected chi connectivity index (χ0v) is 9.33. The number of anilines is 1. The van der Waals surface area contributed by atoms with Crippen LogP contribution in [0.4, 0.5) is 10.1 Å². The van der Waals surface area contributed by atoms with Crippen molar-refractivity contribution in [2.75, 3.05) is 5.32 Å². The zero-order chi connectivity index (χ0) is 11.1. The number of hydrogen-bond donors (Lipinski definition) is 2. The molecule has 2 rings (SSSR count). The average molecular weight is 224 g/mol. The minimum Gasteiger partial charge on any atom is -0.389 e. The van der Waals surface area contributed by atoms with Crippen molar-refractivity contribution in [2.45, 2.75) is 25.3 Å². The minimum absolute atomic E-state index is 0.0750. The molecule has 1 aliphatic rings. The summed E-state index contributed by atoms with van der Waals surface area (Å²) in [5.74, 6) is -0.298. The lowest BCUT2D eigenvalue weighted by Crippen LogP contribution is -2.17. The van der Waals surface area contributed by atoms with Crippen molar-refractivity contribution in [3.63, 3.8) is 0 Å². The first-order valence-electron chi connectivity index (χ1n) is 4.88. The van der Waals surface area contributed by atoms with Crippen molar-refractivity contribution in [1.29, 1.82) is 0 Å². The second-order valence-corrected chi connectivity index (χ2v) is 4.68. The fourth-order valence-corrected chi connectivity index (χ4v) is 1.53. The number of benzene rings is 1. The van der Waals surface area contributed by atoms with Crippen LogP contribution in [0.15, 0.2) is 18.2 Å². The third-order valence-corrected chi connectivity index (χ3v) is 2.93. The maximum absolute atomic E-state index is 13.6. The van der Waals surface area contributed by atoms with Gasteiger partial charge in [0.2, 0.25) is 0 Å². The minimum atomic E-state index is -0.298. The van der Waals surface area contributed by atoms with Crippen molar-refractivity contribution in [3.05, 3.63) is 29.6 Å². The predicted octanol–water partition coefficient (Wildman–Crippen LogP) is 2.42.